The fourth-order valence-electron chi connectivity index (χ4n) is 3.80. The van der Waals surface area contributed by atoms with E-state index in [2.05, 4.69) is 65.6 Å². The molecule has 0 radical (unpaired) electrons. The van der Waals surface area contributed by atoms with Crippen LogP contribution < -0.4 is 16.4 Å². The number of hydrogen-bond donors (Lipinski definition) is 3. The topological polar surface area (TPSA) is 82.8 Å². The summed E-state index contributed by atoms with van der Waals surface area (Å²) in [5.41, 5.74) is 6.55. The number of nitrogens with zero attached hydrogens (tertiary/aromatic N) is 2. The first-order valence-electron chi connectivity index (χ1n) is 9.87. The zero-order valence-electron chi connectivity index (χ0n) is 17.2. The van der Waals surface area contributed by atoms with Crippen molar-refractivity contribution in [2.24, 2.45) is 16.6 Å². The summed E-state index contributed by atoms with van der Waals surface area (Å²) in [5.74, 6) is 0.996. The summed E-state index contributed by atoms with van der Waals surface area (Å²) in [4.78, 5) is 17.9. The van der Waals surface area contributed by atoms with Crippen molar-refractivity contribution in [2.45, 2.75) is 51.6 Å². The van der Waals surface area contributed by atoms with Gasteiger partial charge in [-0.05, 0) is 45.1 Å². The van der Waals surface area contributed by atoms with E-state index in [4.69, 9.17) is 5.73 Å². The summed E-state index contributed by atoms with van der Waals surface area (Å²) in [6.45, 7) is 9.12. The van der Waals surface area contributed by atoms with Crippen molar-refractivity contribution in [1.29, 1.82) is 0 Å². The maximum atomic E-state index is 11.2. The van der Waals surface area contributed by atoms with E-state index in [1.54, 1.807) is 0 Å². The second-order valence-electron chi connectivity index (χ2n) is 8.19. The Balaban J connectivity index is 1.89. The molecular weight excluding hydrogens is 338 g/mol. The number of nitrogens with two attached hydrogens (primary N) is 1. The molecule has 1 amide bonds. The van der Waals surface area contributed by atoms with E-state index >= 15 is 0 Å². The number of carbonyl (C=O) groups is 1. The molecule has 1 saturated heterocycles. The van der Waals surface area contributed by atoms with Gasteiger partial charge in [-0.15, -0.1) is 0 Å². The van der Waals surface area contributed by atoms with Crippen LogP contribution in [0.25, 0.3) is 0 Å². The summed E-state index contributed by atoms with van der Waals surface area (Å²) in [6.07, 6.45) is 2.57. The Morgan fingerprint density at radius 2 is 2.07 bits per heavy atom. The molecule has 2 atom stereocenters. The molecule has 4 N–H and O–H groups in total. The number of guanidine groups is 1. The van der Waals surface area contributed by atoms with Gasteiger partial charge < -0.3 is 21.3 Å². The molecule has 1 aliphatic heterocycles. The van der Waals surface area contributed by atoms with Gasteiger partial charge in [0.25, 0.3) is 0 Å². The molecule has 6 heteroatoms. The van der Waals surface area contributed by atoms with Crippen molar-refractivity contribution in [3.8, 4) is 0 Å². The molecule has 2 rings (SSSR count). The maximum absolute atomic E-state index is 11.2. The minimum Gasteiger partial charge on any atom is -0.370 e. The van der Waals surface area contributed by atoms with Crippen LogP contribution in [0.2, 0.25) is 0 Å². The molecule has 0 bridgehead atoms. The number of carbonyl (C=O) groups excluding carboxylic acids is 1. The van der Waals surface area contributed by atoms with Crippen LogP contribution in [0.1, 0.15) is 51.6 Å². The number of amides is 1. The Labute approximate surface area is 163 Å². The zero-order chi connectivity index (χ0) is 19.9. The molecule has 150 valence electrons. The zero-order valence-corrected chi connectivity index (χ0v) is 17.2. The van der Waals surface area contributed by atoms with Crippen molar-refractivity contribution in [1.82, 2.24) is 15.5 Å². The third-order valence-electron chi connectivity index (χ3n) is 5.12. The maximum Gasteiger partial charge on any atom is 0.217 e. The second kappa shape index (κ2) is 9.74. The molecule has 0 saturated carbocycles. The van der Waals surface area contributed by atoms with Crippen LogP contribution in [0.4, 0.5) is 0 Å². The van der Waals surface area contributed by atoms with Crippen molar-refractivity contribution in [3.63, 3.8) is 0 Å². The Morgan fingerprint density at radius 1 is 1.37 bits per heavy atom. The molecular formula is C21H35N5O. The highest BCUT2D eigenvalue weighted by molar-refractivity contribution is 5.80. The van der Waals surface area contributed by atoms with Crippen LogP contribution in [-0.2, 0) is 4.79 Å². The van der Waals surface area contributed by atoms with Crippen molar-refractivity contribution in [2.75, 3.05) is 26.7 Å². The molecule has 6 nitrogen and oxygen atoms in total. The lowest BCUT2D eigenvalue weighted by molar-refractivity contribution is -0.119. The van der Waals surface area contributed by atoms with Gasteiger partial charge in [0.2, 0.25) is 5.91 Å². The standard InChI is InChI=1S/C21H35N5O/c1-16(18-10-6-5-7-11-18)25-21(2,3)15-24-20(23-4)26-12-8-9-17(14-26)13-19(22)27/h5-7,10-11,16-17,25H,8-9,12-15H2,1-4H3,(H2,22,27)(H,23,24). The third-order valence-corrected chi connectivity index (χ3v) is 5.12. The first-order valence-corrected chi connectivity index (χ1v) is 9.87. The highest BCUT2D eigenvalue weighted by atomic mass is 16.1. The highest BCUT2D eigenvalue weighted by Crippen LogP contribution is 2.20. The summed E-state index contributed by atoms with van der Waals surface area (Å²) < 4.78 is 0. The quantitative estimate of drug-likeness (QED) is 0.506. The predicted octanol–water partition coefficient (Wildman–Crippen LogP) is 2.28. The van der Waals surface area contributed by atoms with Crippen molar-refractivity contribution < 1.29 is 4.79 Å². The molecule has 0 aromatic heterocycles. The number of benzene rings is 1. The van der Waals surface area contributed by atoms with Crippen LogP contribution in [0.3, 0.4) is 0 Å². The van der Waals surface area contributed by atoms with Gasteiger partial charge in [-0.25, -0.2) is 0 Å². The largest absolute Gasteiger partial charge is 0.370 e. The first kappa shape index (κ1) is 21.2. The van der Waals surface area contributed by atoms with Gasteiger partial charge in [-0.3, -0.25) is 9.79 Å². The Kier molecular flexibility index (Phi) is 7.66. The number of nitrogens with one attached hydrogen (secondary N) is 2. The highest BCUT2D eigenvalue weighted by Gasteiger charge is 2.26. The lowest BCUT2D eigenvalue weighted by Crippen LogP contribution is -2.54. The molecule has 1 aliphatic rings. The van der Waals surface area contributed by atoms with Gasteiger partial charge in [0, 0.05) is 44.7 Å². The van der Waals surface area contributed by atoms with Crippen LogP contribution in [0.5, 0.6) is 0 Å². The van der Waals surface area contributed by atoms with Crippen LogP contribution in [0.15, 0.2) is 35.3 Å². The Bertz CT molecular complexity index is 629. The van der Waals surface area contributed by atoms with E-state index in [-0.39, 0.29) is 17.5 Å². The van der Waals surface area contributed by atoms with Crippen LogP contribution in [-0.4, -0.2) is 49.0 Å². The van der Waals surface area contributed by atoms with Gasteiger partial charge >= 0.3 is 0 Å². The molecule has 0 aliphatic carbocycles. The van der Waals surface area contributed by atoms with E-state index in [1.807, 2.05) is 13.1 Å². The van der Waals surface area contributed by atoms with Gasteiger partial charge in [0.15, 0.2) is 5.96 Å². The van der Waals surface area contributed by atoms with Crippen LogP contribution in [0, 0.1) is 5.92 Å². The number of primary amides is 1. The van der Waals surface area contributed by atoms with E-state index < -0.39 is 0 Å². The lowest BCUT2D eigenvalue weighted by Gasteiger charge is -2.37. The van der Waals surface area contributed by atoms with E-state index in [0.29, 0.717) is 12.3 Å². The normalized spacial score (nSPS) is 19.6. The third kappa shape index (κ3) is 6.86. The Morgan fingerprint density at radius 3 is 2.70 bits per heavy atom. The Hall–Kier alpha value is -2.08. The van der Waals surface area contributed by atoms with Gasteiger partial charge in [0.1, 0.15) is 0 Å². The van der Waals surface area contributed by atoms with Gasteiger partial charge in [-0.2, -0.15) is 0 Å². The fraction of sp³-hybridized carbons (Fsp3) is 0.619. The summed E-state index contributed by atoms with van der Waals surface area (Å²) >= 11 is 0. The monoisotopic (exact) mass is 373 g/mol. The van der Waals surface area contributed by atoms with Gasteiger partial charge in [0.05, 0.1) is 0 Å². The first-order chi connectivity index (χ1) is 12.8. The number of aliphatic imine (C=N–C) groups is 1. The molecule has 0 spiro atoms. The summed E-state index contributed by atoms with van der Waals surface area (Å²) in [7, 11) is 1.81. The average molecular weight is 374 g/mol. The molecule has 2 unspecified atom stereocenters. The molecule has 1 aromatic rings. The van der Waals surface area contributed by atoms with E-state index in [1.165, 1.54) is 5.56 Å². The fourth-order valence-corrected chi connectivity index (χ4v) is 3.80. The summed E-state index contributed by atoms with van der Waals surface area (Å²) in [6, 6.07) is 10.7. The molecule has 1 aromatic carbocycles. The summed E-state index contributed by atoms with van der Waals surface area (Å²) in [5, 5.41) is 7.20. The molecule has 27 heavy (non-hydrogen) atoms. The van der Waals surface area contributed by atoms with Crippen molar-refractivity contribution in [3.05, 3.63) is 35.9 Å². The molecule has 1 fully saturated rings. The van der Waals surface area contributed by atoms with Crippen LogP contribution >= 0.6 is 0 Å². The number of likely N-dealkylation sites (tertiary alicyclic amines) is 1. The molecule has 1 heterocycles. The minimum absolute atomic E-state index is 0.104. The lowest BCUT2D eigenvalue weighted by atomic mass is 9.95. The SMILES string of the molecule is CN=C(NCC(C)(C)NC(C)c1ccccc1)N1CCCC(CC(N)=O)C1. The smallest absolute Gasteiger partial charge is 0.217 e. The van der Waals surface area contributed by atoms with Crippen molar-refractivity contribution >= 4 is 11.9 Å². The van der Waals surface area contributed by atoms with E-state index in [0.717, 1.165) is 38.4 Å². The number of rotatable bonds is 7. The second-order valence-corrected chi connectivity index (χ2v) is 8.19. The average Bonchev–Trinajstić information content (AvgIpc) is 2.62. The number of piperidine rings is 1. The van der Waals surface area contributed by atoms with Gasteiger partial charge in [-0.1, -0.05) is 30.3 Å². The number of hydrogen-bond acceptors (Lipinski definition) is 3. The minimum atomic E-state index is -0.218. The predicted molar refractivity (Wildman–Crippen MR) is 112 cm³/mol. The van der Waals surface area contributed by atoms with E-state index in [9.17, 15) is 4.79 Å².